The fourth-order valence-electron chi connectivity index (χ4n) is 9.25. The minimum atomic E-state index is -4.97. The molecule has 0 aromatic carbocycles. The van der Waals surface area contributed by atoms with E-state index in [4.69, 9.17) is 37.0 Å². The lowest BCUT2D eigenvalue weighted by molar-refractivity contribution is -0.161. The normalized spacial score (nSPS) is 14.6. The maximum Gasteiger partial charge on any atom is 0.472 e. The zero-order chi connectivity index (χ0) is 67.5. The number of phosphoric ester groups is 2. The second-order valence-electron chi connectivity index (χ2n) is 23.8. The van der Waals surface area contributed by atoms with Gasteiger partial charge in [0.15, 0.2) is 12.2 Å². The molecule has 0 fully saturated rings. The first kappa shape index (κ1) is 88.2. The largest absolute Gasteiger partial charge is 0.472 e. The van der Waals surface area contributed by atoms with Crippen LogP contribution in [0, 0.1) is 0 Å². The molecule has 19 heteroatoms. The maximum absolute atomic E-state index is 13.0. The Morgan fingerprint density at radius 1 is 0.304 bits per heavy atom. The second kappa shape index (κ2) is 65.9. The number of aliphatic hydroxyl groups excluding tert-OH is 1. The Morgan fingerprint density at radius 2 is 0.565 bits per heavy atom. The highest BCUT2D eigenvalue weighted by Gasteiger charge is 2.30. The standard InChI is InChI=1S/C73H128O17P2/c1-5-9-13-17-21-25-29-32-33-36-39-42-46-50-54-58-71(76)84-64-69(90-73(78)60-56-52-48-44-40-35-31-27-23-19-15-11-7-3)66-88-92(81,82)86-62-67(74)61-85-91(79,80)87-65-68(89-72(77)59-55-51-47-43-37-28-24-20-16-12-8-4)63-83-70(75)57-53-49-45-41-38-34-30-26-22-18-14-10-6-2/h14-15,18-21,24-27,30-33,67-69,74H,5-13,16-17,22-23,28-29,34-66H2,1-4H3,(H,79,80)(H,81,82)/b18-14-,19-15-,24-20-,25-21-,30-26-,31-27-,33-32-. The van der Waals surface area contributed by atoms with E-state index >= 15 is 0 Å². The lowest BCUT2D eigenvalue weighted by atomic mass is 10.1. The first-order valence-corrected chi connectivity index (χ1v) is 38.8. The zero-order valence-corrected chi connectivity index (χ0v) is 59.5. The Bertz CT molecular complexity index is 2090. The lowest BCUT2D eigenvalue weighted by Crippen LogP contribution is -2.30. The molecule has 0 bridgehead atoms. The third kappa shape index (κ3) is 64.9. The van der Waals surface area contributed by atoms with Crippen molar-refractivity contribution in [2.24, 2.45) is 0 Å². The molecule has 532 valence electrons. The second-order valence-corrected chi connectivity index (χ2v) is 26.7. The van der Waals surface area contributed by atoms with Crippen molar-refractivity contribution in [1.82, 2.24) is 0 Å². The van der Waals surface area contributed by atoms with E-state index in [1.54, 1.807) is 0 Å². The number of hydrogen-bond donors (Lipinski definition) is 3. The number of phosphoric acid groups is 2. The molecular weight excluding hydrogens is 1210 g/mol. The summed E-state index contributed by atoms with van der Waals surface area (Å²) in [5, 5.41) is 10.6. The summed E-state index contributed by atoms with van der Waals surface area (Å²) >= 11 is 0. The summed E-state index contributed by atoms with van der Waals surface area (Å²) in [5.41, 5.74) is 0. The molecule has 0 aromatic heterocycles. The molecule has 3 N–H and O–H groups in total. The highest BCUT2D eigenvalue weighted by Crippen LogP contribution is 2.45. The number of carbonyl (C=O) groups excluding carboxylic acids is 4. The quantitative estimate of drug-likeness (QED) is 0.0169. The van der Waals surface area contributed by atoms with Crippen LogP contribution in [0.3, 0.4) is 0 Å². The van der Waals surface area contributed by atoms with Gasteiger partial charge in [-0.2, -0.15) is 0 Å². The summed E-state index contributed by atoms with van der Waals surface area (Å²) < 4.78 is 68.2. The number of allylic oxidation sites excluding steroid dienone is 14. The van der Waals surface area contributed by atoms with Crippen molar-refractivity contribution in [2.45, 2.75) is 316 Å². The number of unbranched alkanes of at least 4 members (excludes halogenated alkanes) is 27. The van der Waals surface area contributed by atoms with Crippen LogP contribution in [0.5, 0.6) is 0 Å². The number of ether oxygens (including phenoxy) is 4. The molecule has 0 spiro atoms. The Labute approximate surface area is 557 Å². The van der Waals surface area contributed by atoms with Gasteiger partial charge in [-0.15, -0.1) is 0 Å². The van der Waals surface area contributed by atoms with Gasteiger partial charge in [0, 0.05) is 25.7 Å². The third-order valence-electron chi connectivity index (χ3n) is 14.8. The van der Waals surface area contributed by atoms with E-state index in [0.717, 1.165) is 186 Å². The summed E-state index contributed by atoms with van der Waals surface area (Å²) in [5.74, 6) is -2.22. The van der Waals surface area contributed by atoms with E-state index < -0.39 is 97.5 Å². The number of carbonyl (C=O) groups is 4. The van der Waals surface area contributed by atoms with E-state index in [-0.39, 0.29) is 25.7 Å². The average molecular weight is 1340 g/mol. The molecule has 0 aliphatic carbocycles. The van der Waals surface area contributed by atoms with Crippen molar-refractivity contribution in [3.8, 4) is 0 Å². The van der Waals surface area contributed by atoms with Gasteiger partial charge in [0.25, 0.3) is 0 Å². The fraction of sp³-hybridized carbons (Fsp3) is 0.753. The van der Waals surface area contributed by atoms with Gasteiger partial charge < -0.3 is 33.8 Å². The molecule has 0 aliphatic heterocycles. The molecule has 0 aromatic rings. The van der Waals surface area contributed by atoms with Crippen LogP contribution in [0.15, 0.2) is 85.1 Å². The molecule has 0 saturated heterocycles. The Balaban J connectivity index is 5.34. The molecule has 0 aliphatic rings. The van der Waals surface area contributed by atoms with E-state index in [2.05, 4.69) is 113 Å². The predicted octanol–water partition coefficient (Wildman–Crippen LogP) is 19.9. The van der Waals surface area contributed by atoms with Crippen LogP contribution in [-0.4, -0.2) is 96.7 Å². The van der Waals surface area contributed by atoms with E-state index in [1.807, 2.05) is 0 Å². The highest BCUT2D eigenvalue weighted by molar-refractivity contribution is 7.47. The first-order valence-electron chi connectivity index (χ1n) is 35.8. The highest BCUT2D eigenvalue weighted by atomic mass is 31.2. The van der Waals surface area contributed by atoms with Crippen LogP contribution >= 0.6 is 15.6 Å². The van der Waals surface area contributed by atoms with Crippen LogP contribution in [-0.2, 0) is 65.4 Å². The van der Waals surface area contributed by atoms with Gasteiger partial charge in [-0.1, -0.05) is 228 Å². The average Bonchev–Trinajstić information content (AvgIpc) is 2.25. The van der Waals surface area contributed by atoms with Crippen LogP contribution in [0.4, 0.5) is 0 Å². The van der Waals surface area contributed by atoms with Crippen LogP contribution in [0.1, 0.15) is 297 Å². The van der Waals surface area contributed by atoms with Crippen molar-refractivity contribution >= 4 is 39.5 Å². The van der Waals surface area contributed by atoms with E-state index in [1.165, 1.54) is 32.1 Å². The molecule has 5 atom stereocenters. The minimum Gasteiger partial charge on any atom is -0.462 e. The molecule has 0 saturated carbocycles. The number of hydrogen-bond acceptors (Lipinski definition) is 15. The van der Waals surface area contributed by atoms with E-state index in [9.17, 15) is 43.2 Å². The molecule has 92 heavy (non-hydrogen) atoms. The molecule has 0 radical (unpaired) electrons. The molecule has 5 unspecified atom stereocenters. The zero-order valence-electron chi connectivity index (χ0n) is 57.7. The van der Waals surface area contributed by atoms with Gasteiger partial charge in [-0.3, -0.25) is 37.3 Å². The van der Waals surface area contributed by atoms with Crippen LogP contribution in [0.2, 0.25) is 0 Å². The van der Waals surface area contributed by atoms with Gasteiger partial charge >= 0.3 is 39.5 Å². The van der Waals surface area contributed by atoms with Crippen molar-refractivity contribution < 1.29 is 80.2 Å². The van der Waals surface area contributed by atoms with Crippen molar-refractivity contribution in [3.05, 3.63) is 85.1 Å². The summed E-state index contributed by atoms with van der Waals surface area (Å²) in [6.07, 6.45) is 64.5. The number of rotatable bonds is 67. The van der Waals surface area contributed by atoms with Crippen molar-refractivity contribution in [3.63, 3.8) is 0 Å². The monoisotopic (exact) mass is 1340 g/mol. The summed E-state index contributed by atoms with van der Waals surface area (Å²) in [6, 6.07) is 0. The summed E-state index contributed by atoms with van der Waals surface area (Å²) in [6.45, 7) is 4.61. The first-order chi connectivity index (χ1) is 44.7. The Kier molecular flexibility index (Phi) is 63.2. The lowest BCUT2D eigenvalue weighted by Gasteiger charge is -2.21. The predicted molar refractivity (Wildman–Crippen MR) is 372 cm³/mol. The SMILES string of the molecule is CCC/C=C\C/C=C\CCCCCCCC(=O)OCC(COP(=O)(O)OCC(O)COP(=O)(O)OCC(COC(=O)CCCCCCC/C=C\C/C=C\CCCCC)OC(=O)CCCCCCC/C=C\C/C=C\CCC)OC(=O)CCCCCCC/C=C\CCCC. The number of esters is 4. The molecule has 0 rings (SSSR count). The Morgan fingerprint density at radius 3 is 0.891 bits per heavy atom. The third-order valence-corrected chi connectivity index (χ3v) is 16.7. The van der Waals surface area contributed by atoms with Gasteiger partial charge in [0.2, 0.25) is 0 Å². The fourth-order valence-corrected chi connectivity index (χ4v) is 10.8. The Hall–Kier alpha value is -3.76. The van der Waals surface area contributed by atoms with E-state index in [0.29, 0.717) is 25.7 Å². The van der Waals surface area contributed by atoms with Crippen molar-refractivity contribution in [2.75, 3.05) is 39.6 Å². The maximum atomic E-state index is 13.0. The minimum absolute atomic E-state index is 0.0761. The topological polar surface area (TPSA) is 237 Å². The molecule has 17 nitrogen and oxygen atoms in total. The summed E-state index contributed by atoms with van der Waals surface area (Å²) in [4.78, 5) is 72.6. The van der Waals surface area contributed by atoms with Gasteiger partial charge in [-0.05, 0) is 128 Å². The molecule has 0 heterocycles. The molecule has 0 amide bonds. The van der Waals surface area contributed by atoms with Crippen LogP contribution in [0.25, 0.3) is 0 Å². The number of aliphatic hydroxyl groups is 1. The van der Waals surface area contributed by atoms with Gasteiger partial charge in [-0.25, -0.2) is 9.13 Å². The molecular formula is C73H128O17P2. The van der Waals surface area contributed by atoms with Gasteiger partial charge in [0.1, 0.15) is 19.3 Å². The smallest absolute Gasteiger partial charge is 0.462 e. The summed E-state index contributed by atoms with van der Waals surface area (Å²) in [7, 11) is -9.94. The van der Waals surface area contributed by atoms with Crippen LogP contribution < -0.4 is 0 Å². The van der Waals surface area contributed by atoms with Gasteiger partial charge in [0.05, 0.1) is 26.4 Å². The van der Waals surface area contributed by atoms with Crippen molar-refractivity contribution in [1.29, 1.82) is 0 Å².